The molecule has 0 unspecified atom stereocenters. The number of hydrogen-bond acceptors (Lipinski definition) is 3. The molecule has 90 valence electrons. The molecule has 1 aliphatic heterocycles. The molecule has 0 aromatic heterocycles. The van der Waals surface area contributed by atoms with Gasteiger partial charge in [0, 0.05) is 0 Å². The molecule has 4 nitrogen and oxygen atoms in total. The number of amides is 1. The van der Waals surface area contributed by atoms with E-state index in [1.165, 1.54) is 0 Å². The van der Waals surface area contributed by atoms with Crippen LogP contribution in [-0.4, -0.2) is 13.1 Å². The van der Waals surface area contributed by atoms with Gasteiger partial charge in [-0.2, -0.15) is 0 Å². The van der Waals surface area contributed by atoms with Crippen LogP contribution in [0.15, 0.2) is 48.5 Å². The van der Waals surface area contributed by atoms with Crippen LogP contribution in [0.25, 0.3) is 0 Å². The van der Waals surface area contributed by atoms with Crippen LogP contribution in [0.3, 0.4) is 0 Å². The van der Waals surface area contributed by atoms with E-state index >= 15 is 0 Å². The molecular weight excluding hydrogens is 228 g/mol. The molecule has 0 radical (unpaired) electrons. The first-order valence-electron chi connectivity index (χ1n) is 5.70. The van der Waals surface area contributed by atoms with Crippen LogP contribution in [-0.2, 0) is 4.79 Å². The SMILES string of the molecule is O=CNCN1c2ccccc2Oc2ccccc21. The molecule has 0 spiro atoms. The molecule has 1 N–H and O–H groups in total. The highest BCUT2D eigenvalue weighted by molar-refractivity contribution is 5.77. The summed E-state index contributed by atoms with van der Waals surface area (Å²) in [7, 11) is 0. The third kappa shape index (κ3) is 1.68. The van der Waals surface area contributed by atoms with Crippen molar-refractivity contribution in [3.05, 3.63) is 48.5 Å². The van der Waals surface area contributed by atoms with E-state index in [1.54, 1.807) is 0 Å². The number of nitrogens with one attached hydrogen (secondary N) is 1. The van der Waals surface area contributed by atoms with Crippen molar-refractivity contribution in [1.82, 2.24) is 5.32 Å². The van der Waals surface area contributed by atoms with Gasteiger partial charge in [0.25, 0.3) is 0 Å². The fourth-order valence-corrected chi connectivity index (χ4v) is 2.08. The number of rotatable bonds is 3. The number of hydrogen-bond donors (Lipinski definition) is 1. The summed E-state index contributed by atoms with van der Waals surface area (Å²) in [5, 5.41) is 2.69. The number of ether oxygens (including phenoxy) is 1. The molecule has 0 fully saturated rings. The van der Waals surface area contributed by atoms with Gasteiger partial charge in [-0.05, 0) is 24.3 Å². The van der Waals surface area contributed by atoms with Crippen molar-refractivity contribution in [2.45, 2.75) is 0 Å². The van der Waals surface area contributed by atoms with Crippen LogP contribution in [0.5, 0.6) is 11.5 Å². The van der Waals surface area contributed by atoms with Gasteiger partial charge in [-0.25, -0.2) is 0 Å². The van der Waals surface area contributed by atoms with Gasteiger partial charge in [-0.3, -0.25) is 4.79 Å². The lowest BCUT2D eigenvalue weighted by Crippen LogP contribution is -2.31. The van der Waals surface area contributed by atoms with Gasteiger partial charge >= 0.3 is 0 Å². The number of para-hydroxylation sites is 4. The second-order valence-corrected chi connectivity index (χ2v) is 3.95. The lowest BCUT2D eigenvalue weighted by molar-refractivity contribution is -0.109. The first-order valence-corrected chi connectivity index (χ1v) is 5.70. The molecule has 1 aliphatic rings. The van der Waals surface area contributed by atoms with E-state index in [0.29, 0.717) is 13.1 Å². The van der Waals surface area contributed by atoms with Crippen LogP contribution in [0, 0.1) is 0 Å². The van der Waals surface area contributed by atoms with Gasteiger partial charge in [0.2, 0.25) is 6.41 Å². The van der Waals surface area contributed by atoms with E-state index in [2.05, 4.69) is 5.32 Å². The summed E-state index contributed by atoms with van der Waals surface area (Å²) < 4.78 is 5.83. The van der Waals surface area contributed by atoms with Crippen molar-refractivity contribution >= 4 is 17.8 Å². The number of carbonyl (C=O) groups excluding carboxylic acids is 1. The normalized spacial score (nSPS) is 12.1. The molecule has 2 aromatic carbocycles. The molecule has 18 heavy (non-hydrogen) atoms. The van der Waals surface area contributed by atoms with Crippen LogP contribution in [0.1, 0.15) is 0 Å². The summed E-state index contributed by atoms with van der Waals surface area (Å²) in [4.78, 5) is 12.5. The van der Waals surface area contributed by atoms with E-state index in [9.17, 15) is 4.79 Å². The summed E-state index contributed by atoms with van der Waals surface area (Å²) in [5.41, 5.74) is 1.90. The maximum atomic E-state index is 10.5. The third-order valence-corrected chi connectivity index (χ3v) is 2.86. The highest BCUT2D eigenvalue weighted by atomic mass is 16.5. The van der Waals surface area contributed by atoms with Gasteiger partial charge in [0.1, 0.15) is 0 Å². The molecule has 0 saturated carbocycles. The fraction of sp³-hybridized carbons (Fsp3) is 0.0714. The number of carbonyl (C=O) groups is 1. The minimum Gasteiger partial charge on any atom is -0.453 e. The molecule has 0 aliphatic carbocycles. The molecule has 3 rings (SSSR count). The minimum atomic E-state index is 0.418. The largest absolute Gasteiger partial charge is 0.453 e. The Balaban J connectivity index is 2.08. The zero-order chi connectivity index (χ0) is 12.4. The molecule has 0 saturated heterocycles. The average molecular weight is 240 g/mol. The predicted molar refractivity (Wildman–Crippen MR) is 69.2 cm³/mol. The zero-order valence-corrected chi connectivity index (χ0v) is 9.67. The second-order valence-electron chi connectivity index (χ2n) is 3.95. The Kier molecular flexibility index (Phi) is 2.61. The Hall–Kier alpha value is -2.49. The Morgan fingerprint density at radius 2 is 1.56 bits per heavy atom. The summed E-state index contributed by atoms with van der Waals surface area (Å²) in [5.74, 6) is 1.59. The van der Waals surface area contributed by atoms with Gasteiger partial charge in [-0.15, -0.1) is 0 Å². The smallest absolute Gasteiger partial charge is 0.208 e. The highest BCUT2D eigenvalue weighted by Crippen LogP contribution is 2.45. The van der Waals surface area contributed by atoms with Crippen molar-refractivity contribution in [3.63, 3.8) is 0 Å². The van der Waals surface area contributed by atoms with E-state index in [-0.39, 0.29) is 0 Å². The average Bonchev–Trinajstić information content (AvgIpc) is 2.43. The number of fused-ring (bicyclic) bond motifs is 2. The molecule has 0 bridgehead atoms. The Bertz CT molecular complexity index is 538. The van der Waals surface area contributed by atoms with Crippen LogP contribution >= 0.6 is 0 Å². The Labute approximate surface area is 105 Å². The van der Waals surface area contributed by atoms with Crippen molar-refractivity contribution in [1.29, 1.82) is 0 Å². The quantitative estimate of drug-likeness (QED) is 0.838. The molecular formula is C14H12N2O2. The number of nitrogens with zero attached hydrogens (tertiary/aromatic N) is 1. The van der Waals surface area contributed by atoms with Gasteiger partial charge in [-0.1, -0.05) is 24.3 Å². The lowest BCUT2D eigenvalue weighted by atomic mass is 10.2. The van der Waals surface area contributed by atoms with E-state index in [0.717, 1.165) is 22.9 Å². The summed E-state index contributed by atoms with van der Waals surface area (Å²) in [6.07, 6.45) is 0.695. The predicted octanol–water partition coefficient (Wildman–Crippen LogP) is 2.63. The van der Waals surface area contributed by atoms with Crippen molar-refractivity contribution in [3.8, 4) is 11.5 Å². The topological polar surface area (TPSA) is 41.6 Å². The second kappa shape index (κ2) is 4.41. The van der Waals surface area contributed by atoms with Gasteiger partial charge < -0.3 is 15.0 Å². The molecule has 1 amide bonds. The highest BCUT2D eigenvalue weighted by Gasteiger charge is 2.22. The van der Waals surface area contributed by atoms with Crippen LogP contribution < -0.4 is 15.0 Å². The van der Waals surface area contributed by atoms with Crippen LogP contribution in [0.4, 0.5) is 11.4 Å². The van der Waals surface area contributed by atoms with Gasteiger partial charge in [0.05, 0.1) is 18.0 Å². The van der Waals surface area contributed by atoms with Crippen molar-refractivity contribution in [2.75, 3.05) is 11.6 Å². The minimum absolute atomic E-state index is 0.418. The fourth-order valence-electron chi connectivity index (χ4n) is 2.08. The first-order chi connectivity index (χ1) is 8.90. The number of benzene rings is 2. The maximum absolute atomic E-state index is 10.5. The lowest BCUT2D eigenvalue weighted by Gasteiger charge is -2.32. The zero-order valence-electron chi connectivity index (χ0n) is 9.67. The Morgan fingerprint density at radius 1 is 1.00 bits per heavy atom. The maximum Gasteiger partial charge on any atom is 0.208 e. The summed E-state index contributed by atoms with van der Waals surface area (Å²) in [6, 6.07) is 15.5. The van der Waals surface area contributed by atoms with Crippen LogP contribution in [0.2, 0.25) is 0 Å². The standard InChI is InChI=1S/C14H12N2O2/c17-10-15-9-16-11-5-1-3-7-13(11)18-14-8-4-2-6-12(14)16/h1-8,10H,9H2,(H,15,17). The van der Waals surface area contributed by atoms with E-state index in [1.807, 2.05) is 53.4 Å². The van der Waals surface area contributed by atoms with E-state index in [4.69, 9.17) is 4.74 Å². The van der Waals surface area contributed by atoms with Crippen molar-refractivity contribution < 1.29 is 9.53 Å². The monoisotopic (exact) mass is 240 g/mol. The van der Waals surface area contributed by atoms with E-state index < -0.39 is 0 Å². The summed E-state index contributed by atoms with van der Waals surface area (Å²) in [6.45, 7) is 0.418. The molecule has 4 heteroatoms. The third-order valence-electron chi connectivity index (χ3n) is 2.86. The Morgan fingerprint density at radius 3 is 2.11 bits per heavy atom. The molecule has 2 aromatic rings. The summed E-state index contributed by atoms with van der Waals surface area (Å²) >= 11 is 0. The molecule has 0 atom stereocenters. The van der Waals surface area contributed by atoms with Gasteiger partial charge in [0.15, 0.2) is 11.5 Å². The molecule has 1 heterocycles. The number of anilines is 2. The first kappa shape index (κ1) is 10.7. The van der Waals surface area contributed by atoms with Crippen molar-refractivity contribution in [2.24, 2.45) is 0 Å².